The topological polar surface area (TPSA) is 96.6 Å². The van der Waals surface area contributed by atoms with Gasteiger partial charge in [0.1, 0.15) is 24.0 Å². The second-order valence-corrected chi connectivity index (χ2v) is 8.81. The summed E-state index contributed by atoms with van der Waals surface area (Å²) in [6.07, 6.45) is 2.25. The zero-order chi connectivity index (χ0) is 24.2. The number of benzene rings is 2. The number of hydrogen-bond donors (Lipinski definition) is 1. The first kappa shape index (κ1) is 23.8. The predicted octanol–water partition coefficient (Wildman–Crippen LogP) is 5.14. The van der Waals surface area contributed by atoms with Crippen LogP contribution < -0.4 is 14.2 Å². The van der Waals surface area contributed by atoms with E-state index in [9.17, 15) is 4.79 Å². The Labute approximate surface area is 206 Å². The first-order valence-electron chi connectivity index (χ1n) is 10.6. The highest BCUT2D eigenvalue weighted by atomic mass is 35.5. The highest BCUT2D eigenvalue weighted by Crippen LogP contribution is 2.37. The number of ether oxygens (including phenoxy) is 3. The molecule has 0 aliphatic carbocycles. The van der Waals surface area contributed by atoms with Gasteiger partial charge in [0.25, 0.3) is 5.91 Å². The van der Waals surface area contributed by atoms with Crippen molar-refractivity contribution in [1.29, 1.82) is 5.41 Å². The molecule has 2 aromatic carbocycles. The molecule has 4 rings (SSSR count). The van der Waals surface area contributed by atoms with E-state index in [1.165, 1.54) is 23.9 Å². The average Bonchev–Trinajstić information content (AvgIpc) is 3.24. The number of rotatable bonds is 8. The number of amides is 1. The van der Waals surface area contributed by atoms with Crippen LogP contribution in [-0.4, -0.2) is 47.3 Å². The van der Waals surface area contributed by atoms with Crippen molar-refractivity contribution in [1.82, 2.24) is 5.01 Å². The Morgan fingerprint density at radius 2 is 1.94 bits per heavy atom. The number of nitrogens with one attached hydrogen (secondary N) is 1. The number of nitrogens with zero attached hydrogens (tertiary/aromatic N) is 3. The van der Waals surface area contributed by atoms with Gasteiger partial charge in [0.05, 0.1) is 17.7 Å². The Hall–Kier alpha value is -3.30. The molecule has 0 saturated carbocycles. The third kappa shape index (κ3) is 4.95. The molecule has 10 heteroatoms. The van der Waals surface area contributed by atoms with Gasteiger partial charge in [-0.2, -0.15) is 15.1 Å². The molecule has 0 saturated heterocycles. The molecule has 2 heterocycles. The summed E-state index contributed by atoms with van der Waals surface area (Å²) in [4.78, 5) is 16.7. The van der Waals surface area contributed by atoms with Gasteiger partial charge in [0.15, 0.2) is 17.3 Å². The third-order valence-electron chi connectivity index (χ3n) is 5.04. The summed E-state index contributed by atoms with van der Waals surface area (Å²) in [6.45, 7) is 4.52. The zero-order valence-corrected chi connectivity index (χ0v) is 20.5. The number of thioether (sulfide) groups is 1. The van der Waals surface area contributed by atoms with Crippen molar-refractivity contribution in [3.63, 3.8) is 0 Å². The number of halogens is 1. The molecule has 0 bridgehead atoms. The third-order valence-corrected chi connectivity index (χ3v) is 6.38. The second-order valence-electron chi connectivity index (χ2n) is 7.36. The quantitative estimate of drug-likeness (QED) is 0.399. The molecule has 0 atom stereocenters. The lowest BCUT2D eigenvalue weighted by atomic mass is 10.1. The normalized spacial score (nSPS) is 16.4. The van der Waals surface area contributed by atoms with Gasteiger partial charge in [-0.15, -0.1) is 0 Å². The van der Waals surface area contributed by atoms with Crippen LogP contribution in [0.1, 0.15) is 24.5 Å². The number of carbonyl (C=O) groups excluding carboxylic acids is 1. The molecular weight excluding hydrogens is 476 g/mol. The molecule has 2 aromatic rings. The molecule has 176 valence electrons. The second kappa shape index (κ2) is 10.3. The standard InChI is InChI=1S/C24H23ClN4O4S/c1-4-20-28-29-22(26)16(23(30)27-24(29)34-20)11-15-12-17(25)21(19(13-15)31-3)33-10-9-32-18-8-6-5-7-14(18)2/h5-8,11-13,26H,4,9-10H2,1-3H3/b16-11-,26-22?. The molecule has 34 heavy (non-hydrogen) atoms. The minimum absolute atomic E-state index is 0.0327. The number of fused-ring (bicyclic) bond motifs is 1. The van der Waals surface area contributed by atoms with Crippen molar-refractivity contribution < 1.29 is 19.0 Å². The van der Waals surface area contributed by atoms with Crippen LogP contribution in [0.15, 0.2) is 52.1 Å². The van der Waals surface area contributed by atoms with Gasteiger partial charge in [-0.05, 0) is 60.5 Å². The van der Waals surface area contributed by atoms with Crippen LogP contribution in [0.4, 0.5) is 0 Å². The molecule has 2 aliphatic heterocycles. The largest absolute Gasteiger partial charge is 0.493 e. The van der Waals surface area contributed by atoms with Gasteiger partial charge in [-0.3, -0.25) is 10.2 Å². The van der Waals surface area contributed by atoms with Crippen molar-refractivity contribution in [2.24, 2.45) is 10.1 Å². The first-order chi connectivity index (χ1) is 16.4. The maximum atomic E-state index is 12.6. The molecule has 1 N–H and O–H groups in total. The van der Waals surface area contributed by atoms with Crippen LogP contribution in [0.5, 0.6) is 17.2 Å². The lowest BCUT2D eigenvalue weighted by molar-refractivity contribution is -0.114. The molecule has 0 unspecified atom stereocenters. The van der Waals surface area contributed by atoms with Gasteiger partial charge in [-0.25, -0.2) is 0 Å². The molecule has 0 radical (unpaired) electrons. The number of hydrogen-bond acceptors (Lipinski definition) is 7. The number of para-hydroxylation sites is 1. The van der Waals surface area contributed by atoms with E-state index in [1.54, 1.807) is 18.2 Å². The highest BCUT2D eigenvalue weighted by Gasteiger charge is 2.35. The van der Waals surface area contributed by atoms with Gasteiger partial charge in [-0.1, -0.05) is 36.7 Å². The summed E-state index contributed by atoms with van der Waals surface area (Å²) in [6, 6.07) is 11.1. The van der Waals surface area contributed by atoms with Gasteiger partial charge >= 0.3 is 0 Å². The molecule has 0 spiro atoms. The Morgan fingerprint density at radius 1 is 1.18 bits per heavy atom. The summed E-state index contributed by atoms with van der Waals surface area (Å²) in [5, 5.41) is 15.7. The SMILES string of the molecule is CCC1=NN2C(=N)/C(=C/c3cc(Cl)c(OCCOc4ccccc4C)c(OC)c3)C(=O)N=C2S1. The maximum Gasteiger partial charge on any atom is 0.283 e. The van der Waals surface area contributed by atoms with Crippen LogP contribution in [0.25, 0.3) is 6.08 Å². The van der Waals surface area contributed by atoms with Crippen LogP contribution in [0.3, 0.4) is 0 Å². The smallest absolute Gasteiger partial charge is 0.283 e. The monoisotopic (exact) mass is 498 g/mol. The summed E-state index contributed by atoms with van der Waals surface area (Å²) >= 11 is 7.77. The summed E-state index contributed by atoms with van der Waals surface area (Å²) in [7, 11) is 1.51. The van der Waals surface area contributed by atoms with Crippen LogP contribution in [-0.2, 0) is 4.79 Å². The fourth-order valence-electron chi connectivity index (χ4n) is 3.32. The van der Waals surface area contributed by atoms with E-state index in [-0.39, 0.29) is 18.0 Å². The zero-order valence-electron chi connectivity index (χ0n) is 18.9. The molecular formula is C24H23ClN4O4S. The molecule has 2 aliphatic rings. The van der Waals surface area contributed by atoms with Crippen molar-refractivity contribution in [3.8, 4) is 17.2 Å². The van der Waals surface area contributed by atoms with Crippen molar-refractivity contribution in [3.05, 3.63) is 58.1 Å². The fraction of sp³-hybridized carbons (Fsp3) is 0.250. The van der Waals surface area contributed by atoms with E-state index in [4.69, 9.17) is 31.2 Å². The Kier molecular flexibility index (Phi) is 7.23. The van der Waals surface area contributed by atoms with E-state index < -0.39 is 5.91 Å². The van der Waals surface area contributed by atoms with Crippen molar-refractivity contribution >= 4 is 51.4 Å². The number of amidine groups is 2. The number of aryl methyl sites for hydroxylation is 1. The molecule has 1 amide bonds. The lowest BCUT2D eigenvalue weighted by Gasteiger charge is -2.20. The Bertz CT molecular complexity index is 1240. The fourth-order valence-corrected chi connectivity index (χ4v) is 4.42. The predicted molar refractivity (Wildman–Crippen MR) is 135 cm³/mol. The maximum absolute atomic E-state index is 12.6. The summed E-state index contributed by atoms with van der Waals surface area (Å²) < 4.78 is 17.0. The molecule has 0 fully saturated rings. The van der Waals surface area contributed by atoms with Crippen molar-refractivity contribution in [2.75, 3.05) is 20.3 Å². The first-order valence-corrected chi connectivity index (χ1v) is 11.8. The minimum Gasteiger partial charge on any atom is -0.493 e. The summed E-state index contributed by atoms with van der Waals surface area (Å²) in [5.41, 5.74) is 1.73. The van der Waals surface area contributed by atoms with E-state index in [0.29, 0.717) is 40.3 Å². The number of aliphatic imine (C=N–C) groups is 1. The van der Waals surface area contributed by atoms with Crippen molar-refractivity contribution in [2.45, 2.75) is 20.3 Å². The van der Waals surface area contributed by atoms with Crippen LogP contribution in [0.2, 0.25) is 5.02 Å². The number of methoxy groups -OCH3 is 1. The Morgan fingerprint density at radius 3 is 2.68 bits per heavy atom. The van der Waals surface area contributed by atoms with E-state index in [2.05, 4.69) is 10.1 Å². The summed E-state index contributed by atoms with van der Waals surface area (Å²) in [5.74, 6) is 1.04. The number of hydrazone groups is 1. The highest BCUT2D eigenvalue weighted by molar-refractivity contribution is 8.26. The van der Waals surface area contributed by atoms with E-state index in [0.717, 1.165) is 16.4 Å². The minimum atomic E-state index is -0.500. The molecule has 0 aromatic heterocycles. The van der Waals surface area contributed by atoms with Gasteiger partial charge < -0.3 is 14.2 Å². The lowest BCUT2D eigenvalue weighted by Crippen LogP contribution is -2.35. The average molecular weight is 499 g/mol. The van der Waals surface area contributed by atoms with E-state index >= 15 is 0 Å². The van der Waals surface area contributed by atoms with Gasteiger partial charge in [0.2, 0.25) is 5.17 Å². The van der Waals surface area contributed by atoms with Crippen LogP contribution in [0, 0.1) is 12.3 Å². The number of carbonyl (C=O) groups is 1. The molecule has 8 nitrogen and oxygen atoms in total. The van der Waals surface area contributed by atoms with Gasteiger partial charge in [0, 0.05) is 0 Å². The van der Waals surface area contributed by atoms with Crippen LogP contribution >= 0.6 is 23.4 Å². The van der Waals surface area contributed by atoms with E-state index in [1.807, 2.05) is 38.1 Å². The Balaban J connectivity index is 1.50.